The minimum absolute atomic E-state index is 0.0134. The number of benzene rings is 1. The average Bonchev–Trinajstić information content (AvgIpc) is 2.99. The molecule has 0 radical (unpaired) electrons. The lowest BCUT2D eigenvalue weighted by Crippen LogP contribution is -2.53. The van der Waals surface area contributed by atoms with E-state index in [1.54, 1.807) is 19.9 Å². The van der Waals surface area contributed by atoms with Crippen molar-refractivity contribution in [2.75, 3.05) is 20.3 Å². The van der Waals surface area contributed by atoms with Crippen molar-refractivity contribution in [3.8, 4) is 17.2 Å². The van der Waals surface area contributed by atoms with Gasteiger partial charge in [-0.3, -0.25) is 0 Å². The van der Waals surface area contributed by atoms with Gasteiger partial charge in [0.2, 0.25) is 0 Å². The number of ether oxygens (including phenoxy) is 4. The van der Waals surface area contributed by atoms with E-state index in [0.717, 1.165) is 31.3 Å². The van der Waals surface area contributed by atoms with Crippen LogP contribution in [-0.2, 0) is 18.6 Å². The largest absolute Gasteiger partial charge is 0.508 e. The number of allylic oxidation sites excluding steroid dienone is 2. The molecule has 2 N–H and O–H groups in total. The molecule has 1 aliphatic rings. The van der Waals surface area contributed by atoms with Gasteiger partial charge >= 0.3 is 6.16 Å². The van der Waals surface area contributed by atoms with Crippen LogP contribution in [0.25, 0.3) is 0 Å². The number of phenolic OH excluding ortho intramolecular Hbond substituents is 2. The molecule has 0 unspecified atom stereocenters. The zero-order valence-corrected chi connectivity index (χ0v) is 34.1. The molecule has 0 spiro atoms. The summed E-state index contributed by atoms with van der Waals surface area (Å²) in [5.41, 5.74) is 3.29. The number of methoxy groups -OCH3 is 1. The minimum Gasteiger partial charge on any atom is -0.508 e. The van der Waals surface area contributed by atoms with Crippen LogP contribution in [0.2, 0.25) is 18.1 Å². The van der Waals surface area contributed by atoms with Crippen molar-refractivity contribution in [3.63, 3.8) is 0 Å². The zero-order chi connectivity index (χ0) is 37.4. The second-order valence-corrected chi connectivity index (χ2v) is 21.0. The highest BCUT2D eigenvalue weighted by Crippen LogP contribution is 2.51. The fraction of sp³-hybridized carbons (Fsp3) is 0.725. The topological polar surface area (TPSA) is 104 Å². The van der Waals surface area contributed by atoms with Crippen LogP contribution in [0, 0.1) is 36.5 Å². The van der Waals surface area contributed by atoms with Gasteiger partial charge in [-0.25, -0.2) is 4.79 Å². The molecule has 0 amide bonds. The van der Waals surface area contributed by atoms with Crippen molar-refractivity contribution < 1.29 is 38.4 Å². The van der Waals surface area contributed by atoms with E-state index in [0.29, 0.717) is 29.6 Å². The van der Waals surface area contributed by atoms with Crippen molar-refractivity contribution in [3.05, 3.63) is 41.0 Å². The van der Waals surface area contributed by atoms with Crippen LogP contribution in [0.3, 0.4) is 0 Å². The quantitative estimate of drug-likeness (QED) is 0.0758. The zero-order valence-electron chi connectivity index (χ0n) is 33.1. The van der Waals surface area contributed by atoms with E-state index in [1.807, 2.05) is 0 Å². The molecule has 1 fully saturated rings. The molecule has 1 aromatic carbocycles. The van der Waals surface area contributed by atoms with Gasteiger partial charge in [0.1, 0.15) is 12.4 Å². The maximum atomic E-state index is 11.5. The molecule has 0 bridgehead atoms. The van der Waals surface area contributed by atoms with E-state index in [2.05, 4.69) is 88.1 Å². The van der Waals surface area contributed by atoms with Gasteiger partial charge in [0.15, 0.2) is 19.8 Å². The van der Waals surface area contributed by atoms with Crippen molar-refractivity contribution in [2.45, 2.75) is 138 Å². The lowest BCUT2D eigenvalue weighted by Gasteiger charge is -2.50. The SMILES string of the molecule is C=C(COC(=O)OCC)[C@@H](C)C[C@H](C)C/C(C)=C/[C@@H](C)CC[C@H]1O[C@@H](c2cc(O)c(C)c(OC)c2O)[C@H](C)[C@@H](O[Si](C)(C)C(C)(C)C)[C@H]1C. The molecule has 9 heteroatoms. The van der Waals surface area contributed by atoms with Gasteiger partial charge in [-0.2, -0.15) is 0 Å². The van der Waals surface area contributed by atoms with Crippen molar-refractivity contribution in [1.29, 1.82) is 0 Å². The first-order valence-corrected chi connectivity index (χ1v) is 21.1. The van der Waals surface area contributed by atoms with Crippen LogP contribution in [0.15, 0.2) is 29.9 Å². The highest BCUT2D eigenvalue weighted by Gasteiger charge is 2.48. The number of hydrogen-bond acceptors (Lipinski definition) is 8. The van der Waals surface area contributed by atoms with E-state index in [-0.39, 0.29) is 58.9 Å². The Bertz CT molecular complexity index is 1280. The second kappa shape index (κ2) is 18.1. The number of rotatable bonds is 16. The summed E-state index contributed by atoms with van der Waals surface area (Å²) in [4.78, 5) is 11.5. The van der Waals surface area contributed by atoms with Crippen LogP contribution >= 0.6 is 0 Å². The van der Waals surface area contributed by atoms with Crippen LogP contribution in [-0.4, -0.2) is 57.2 Å². The summed E-state index contributed by atoms with van der Waals surface area (Å²) in [6.45, 7) is 32.7. The summed E-state index contributed by atoms with van der Waals surface area (Å²) in [5, 5.41) is 22.1. The summed E-state index contributed by atoms with van der Waals surface area (Å²) in [6, 6.07) is 1.63. The molecule has 2 rings (SSSR count). The van der Waals surface area contributed by atoms with E-state index < -0.39 is 20.6 Å². The maximum Gasteiger partial charge on any atom is 0.508 e. The number of carbonyl (C=O) groups is 1. The third-order valence-corrected chi connectivity index (χ3v) is 15.4. The van der Waals surface area contributed by atoms with Crippen molar-refractivity contribution in [1.82, 2.24) is 0 Å². The Balaban J connectivity index is 2.20. The predicted octanol–water partition coefficient (Wildman–Crippen LogP) is 10.7. The molecule has 1 aliphatic heterocycles. The molecule has 1 aromatic rings. The van der Waals surface area contributed by atoms with Gasteiger partial charge in [-0.1, -0.05) is 73.6 Å². The van der Waals surface area contributed by atoms with Crippen molar-refractivity contribution in [2.24, 2.45) is 29.6 Å². The summed E-state index contributed by atoms with van der Waals surface area (Å²) in [5.74, 6) is 1.47. The third kappa shape index (κ3) is 11.5. The second-order valence-electron chi connectivity index (χ2n) is 16.3. The average molecular weight is 705 g/mol. The number of phenols is 2. The Morgan fingerprint density at radius 2 is 1.76 bits per heavy atom. The number of hydrogen-bond donors (Lipinski definition) is 2. The predicted molar refractivity (Wildman–Crippen MR) is 201 cm³/mol. The van der Waals surface area contributed by atoms with Gasteiger partial charge in [-0.15, -0.1) is 0 Å². The van der Waals surface area contributed by atoms with Crippen LogP contribution in [0.4, 0.5) is 4.79 Å². The minimum atomic E-state index is -2.14. The highest BCUT2D eigenvalue weighted by molar-refractivity contribution is 6.74. The molecule has 1 saturated heterocycles. The Hall–Kier alpha value is -2.49. The van der Waals surface area contributed by atoms with Gasteiger partial charge in [-0.05, 0) is 94.0 Å². The molecule has 8 atom stereocenters. The smallest absolute Gasteiger partial charge is 0.508 e. The molecule has 0 aromatic heterocycles. The van der Waals surface area contributed by atoms with Gasteiger partial charge in [0.25, 0.3) is 0 Å². The first-order valence-electron chi connectivity index (χ1n) is 18.2. The van der Waals surface area contributed by atoms with E-state index in [4.69, 9.17) is 23.4 Å². The van der Waals surface area contributed by atoms with Gasteiger partial charge < -0.3 is 33.6 Å². The number of aromatic hydroxyl groups is 2. The number of carbonyl (C=O) groups excluding carboxylic acids is 1. The summed E-state index contributed by atoms with van der Waals surface area (Å²) in [6.07, 6.45) is 4.82. The normalized spacial score (nSPS) is 23.8. The summed E-state index contributed by atoms with van der Waals surface area (Å²) in [7, 11) is -0.634. The fourth-order valence-electron chi connectivity index (χ4n) is 6.85. The maximum absolute atomic E-state index is 11.5. The first kappa shape index (κ1) is 42.7. The first-order chi connectivity index (χ1) is 22.6. The molecule has 8 nitrogen and oxygen atoms in total. The third-order valence-electron chi connectivity index (χ3n) is 10.9. The Morgan fingerprint density at radius 3 is 2.33 bits per heavy atom. The lowest BCUT2D eigenvalue weighted by atomic mass is 9.78. The van der Waals surface area contributed by atoms with Gasteiger partial charge in [0.05, 0.1) is 32.0 Å². The van der Waals surface area contributed by atoms with Gasteiger partial charge in [0, 0.05) is 23.0 Å². The molecule has 0 aliphatic carbocycles. The van der Waals surface area contributed by atoms with Crippen LogP contribution in [0.5, 0.6) is 17.2 Å². The Kier molecular flexibility index (Phi) is 15.8. The Labute approximate surface area is 298 Å². The molecule has 280 valence electrons. The van der Waals surface area contributed by atoms with Crippen LogP contribution in [0.1, 0.15) is 112 Å². The Morgan fingerprint density at radius 1 is 1.12 bits per heavy atom. The fourth-order valence-corrected chi connectivity index (χ4v) is 8.32. The monoisotopic (exact) mass is 704 g/mol. The molecular weight excluding hydrogens is 637 g/mol. The summed E-state index contributed by atoms with van der Waals surface area (Å²) >= 11 is 0. The highest BCUT2D eigenvalue weighted by atomic mass is 28.4. The van der Waals surface area contributed by atoms with E-state index >= 15 is 0 Å². The molecule has 1 heterocycles. The van der Waals surface area contributed by atoms with Crippen LogP contribution < -0.4 is 4.74 Å². The van der Waals surface area contributed by atoms with E-state index in [1.165, 1.54) is 12.7 Å². The standard InChI is InChI=1S/C40H68O8Si/c1-16-45-39(43)46-23-28(6)27(5)21-26(4)20-25(3)19-24(2)17-18-34-30(8)36(48-49(14,15)40(10,11)12)31(9)37(47-34)32-22-33(41)29(7)38(44-13)35(32)42/h19,22,24,26-27,30-31,34,36-37,41-42H,6,16-18,20-21,23H2,1-5,7-15H3/b25-19+/t24-,26+,27-,30-,31+,34+,36-,37+/m0/s1. The lowest BCUT2D eigenvalue weighted by molar-refractivity contribution is -0.164. The molecule has 49 heavy (non-hydrogen) atoms. The molecular formula is C40H68O8Si. The molecule has 0 saturated carbocycles. The summed E-state index contributed by atoms with van der Waals surface area (Å²) < 4.78 is 29.5. The van der Waals surface area contributed by atoms with E-state index in [9.17, 15) is 15.0 Å². The van der Waals surface area contributed by atoms with Crippen molar-refractivity contribution >= 4 is 14.5 Å².